The lowest BCUT2D eigenvalue weighted by Gasteiger charge is -2.16. The zero-order valence-electron chi connectivity index (χ0n) is 9.96. The number of thiophene rings is 1. The Kier molecular flexibility index (Phi) is 3.98. The Hall–Kier alpha value is -1.40. The second-order valence-corrected chi connectivity index (χ2v) is 5.25. The summed E-state index contributed by atoms with van der Waals surface area (Å²) in [5, 5.41) is 13.6. The summed E-state index contributed by atoms with van der Waals surface area (Å²) in [6, 6.07) is 3.80. The monoisotopic (exact) mass is 269 g/mol. The second kappa shape index (κ2) is 5.49. The third kappa shape index (κ3) is 2.88. The van der Waals surface area contributed by atoms with Crippen LogP contribution in [0.5, 0.6) is 0 Å². The highest BCUT2D eigenvalue weighted by Crippen LogP contribution is 2.22. The number of carboxylic acid groups (broad SMARTS) is 1. The van der Waals surface area contributed by atoms with Crippen LogP contribution in [0, 0.1) is 0 Å². The topological polar surface area (TPSA) is 75.6 Å². The molecular formula is C12H15NO4S. The van der Waals surface area contributed by atoms with Crippen LogP contribution in [-0.2, 0) is 14.3 Å². The predicted molar refractivity (Wildman–Crippen MR) is 66.4 cm³/mol. The molecule has 1 amide bonds. The van der Waals surface area contributed by atoms with E-state index in [9.17, 15) is 9.59 Å². The largest absolute Gasteiger partial charge is 0.479 e. The van der Waals surface area contributed by atoms with Crippen LogP contribution >= 0.6 is 11.3 Å². The zero-order valence-corrected chi connectivity index (χ0v) is 10.8. The van der Waals surface area contributed by atoms with Gasteiger partial charge in [0.2, 0.25) is 5.91 Å². The highest BCUT2D eigenvalue weighted by Gasteiger charge is 2.35. The van der Waals surface area contributed by atoms with Crippen LogP contribution in [0.25, 0.3) is 0 Å². The number of aliphatic carboxylic acids is 1. The number of carboxylic acids is 1. The van der Waals surface area contributed by atoms with Gasteiger partial charge in [-0.25, -0.2) is 4.79 Å². The van der Waals surface area contributed by atoms with E-state index in [4.69, 9.17) is 9.84 Å². The maximum atomic E-state index is 11.9. The van der Waals surface area contributed by atoms with Crippen LogP contribution in [0.15, 0.2) is 17.5 Å². The highest BCUT2D eigenvalue weighted by atomic mass is 32.1. The van der Waals surface area contributed by atoms with Crippen LogP contribution in [0.3, 0.4) is 0 Å². The Bertz CT molecular complexity index is 431. The number of ether oxygens (including phenoxy) is 1. The highest BCUT2D eigenvalue weighted by molar-refractivity contribution is 7.10. The van der Waals surface area contributed by atoms with E-state index in [0.717, 1.165) is 4.88 Å². The van der Waals surface area contributed by atoms with Gasteiger partial charge in [-0.1, -0.05) is 6.07 Å². The summed E-state index contributed by atoms with van der Waals surface area (Å²) >= 11 is 1.57. The van der Waals surface area contributed by atoms with E-state index in [0.29, 0.717) is 12.8 Å². The van der Waals surface area contributed by atoms with E-state index in [1.807, 2.05) is 24.4 Å². The van der Waals surface area contributed by atoms with E-state index in [-0.39, 0.29) is 11.9 Å². The van der Waals surface area contributed by atoms with E-state index in [2.05, 4.69) is 5.32 Å². The molecule has 6 heteroatoms. The Morgan fingerprint density at radius 1 is 1.50 bits per heavy atom. The number of hydrogen-bond acceptors (Lipinski definition) is 4. The van der Waals surface area contributed by atoms with Gasteiger partial charge in [0.1, 0.15) is 6.10 Å². The predicted octanol–water partition coefficient (Wildman–Crippen LogP) is 1.56. The SMILES string of the molecule is C[C@@H](NC(=O)C1CCC(C(=O)O)O1)c1cccs1. The molecule has 18 heavy (non-hydrogen) atoms. The lowest BCUT2D eigenvalue weighted by Crippen LogP contribution is -2.36. The summed E-state index contributed by atoms with van der Waals surface area (Å²) in [5.74, 6) is -1.24. The van der Waals surface area contributed by atoms with Crippen molar-refractivity contribution in [3.05, 3.63) is 22.4 Å². The number of carbonyl (C=O) groups is 2. The normalized spacial score (nSPS) is 24.7. The molecule has 0 spiro atoms. The summed E-state index contributed by atoms with van der Waals surface area (Å²) in [6.07, 6.45) is -0.646. The second-order valence-electron chi connectivity index (χ2n) is 4.27. The van der Waals surface area contributed by atoms with Gasteiger partial charge in [-0.3, -0.25) is 4.79 Å². The zero-order chi connectivity index (χ0) is 13.1. The molecule has 2 unspecified atom stereocenters. The molecule has 1 fully saturated rings. The molecule has 0 aromatic carbocycles. The Morgan fingerprint density at radius 2 is 2.22 bits per heavy atom. The number of rotatable bonds is 4. The molecule has 0 saturated carbocycles. The molecule has 98 valence electrons. The molecule has 2 heterocycles. The van der Waals surface area contributed by atoms with Crippen molar-refractivity contribution in [1.82, 2.24) is 5.32 Å². The minimum Gasteiger partial charge on any atom is -0.479 e. The maximum absolute atomic E-state index is 11.9. The Morgan fingerprint density at radius 3 is 2.78 bits per heavy atom. The molecule has 2 N–H and O–H groups in total. The first kappa shape index (κ1) is 13.0. The minimum absolute atomic E-state index is 0.0787. The van der Waals surface area contributed by atoms with Gasteiger partial charge < -0.3 is 15.2 Å². The Labute approximate surface area is 109 Å². The van der Waals surface area contributed by atoms with Gasteiger partial charge in [0.05, 0.1) is 6.04 Å². The Balaban J connectivity index is 1.87. The van der Waals surface area contributed by atoms with Gasteiger partial charge >= 0.3 is 5.97 Å². The van der Waals surface area contributed by atoms with Gasteiger partial charge in [0.25, 0.3) is 0 Å². The van der Waals surface area contributed by atoms with Crippen molar-refractivity contribution >= 4 is 23.2 Å². The summed E-state index contributed by atoms with van der Waals surface area (Å²) < 4.78 is 5.19. The molecule has 1 aliphatic heterocycles. The fourth-order valence-corrected chi connectivity index (χ4v) is 2.66. The van der Waals surface area contributed by atoms with Crippen molar-refractivity contribution in [1.29, 1.82) is 0 Å². The lowest BCUT2D eigenvalue weighted by molar-refractivity contribution is -0.151. The van der Waals surface area contributed by atoms with E-state index in [1.54, 1.807) is 11.3 Å². The van der Waals surface area contributed by atoms with Crippen molar-refractivity contribution < 1.29 is 19.4 Å². The van der Waals surface area contributed by atoms with Gasteiger partial charge in [-0.2, -0.15) is 0 Å². The average molecular weight is 269 g/mol. The van der Waals surface area contributed by atoms with Gasteiger partial charge in [0.15, 0.2) is 6.10 Å². The van der Waals surface area contributed by atoms with E-state index >= 15 is 0 Å². The molecule has 1 aromatic rings. The fraction of sp³-hybridized carbons (Fsp3) is 0.500. The number of hydrogen-bond donors (Lipinski definition) is 2. The van der Waals surface area contributed by atoms with Crippen LogP contribution in [0.2, 0.25) is 0 Å². The van der Waals surface area contributed by atoms with Crippen molar-refractivity contribution in [2.24, 2.45) is 0 Å². The molecule has 1 aromatic heterocycles. The smallest absolute Gasteiger partial charge is 0.332 e. The summed E-state index contributed by atoms with van der Waals surface area (Å²) in [6.45, 7) is 1.90. The molecule has 0 aliphatic carbocycles. The summed E-state index contributed by atoms with van der Waals surface area (Å²) in [5.41, 5.74) is 0. The summed E-state index contributed by atoms with van der Waals surface area (Å²) in [7, 11) is 0. The first-order chi connectivity index (χ1) is 8.58. The molecular weight excluding hydrogens is 254 g/mol. The average Bonchev–Trinajstić information content (AvgIpc) is 3.00. The molecule has 0 bridgehead atoms. The van der Waals surface area contributed by atoms with Gasteiger partial charge in [-0.15, -0.1) is 11.3 Å². The third-order valence-corrected chi connectivity index (χ3v) is 3.97. The minimum atomic E-state index is -1.00. The van der Waals surface area contributed by atoms with Gasteiger partial charge in [-0.05, 0) is 31.2 Å². The molecule has 0 radical (unpaired) electrons. The third-order valence-electron chi connectivity index (χ3n) is 2.92. The van der Waals surface area contributed by atoms with Crippen molar-refractivity contribution in [2.75, 3.05) is 0 Å². The summed E-state index contributed by atoms with van der Waals surface area (Å²) in [4.78, 5) is 23.7. The molecule has 2 rings (SSSR count). The van der Waals surface area contributed by atoms with Crippen LogP contribution in [-0.4, -0.2) is 29.2 Å². The molecule has 5 nitrogen and oxygen atoms in total. The number of amides is 1. The lowest BCUT2D eigenvalue weighted by atomic mass is 10.2. The van der Waals surface area contributed by atoms with Crippen LogP contribution in [0.1, 0.15) is 30.7 Å². The first-order valence-electron chi connectivity index (χ1n) is 5.80. The van der Waals surface area contributed by atoms with Crippen LogP contribution < -0.4 is 5.32 Å². The number of nitrogens with one attached hydrogen (secondary N) is 1. The fourth-order valence-electron chi connectivity index (χ4n) is 1.93. The van der Waals surface area contributed by atoms with Gasteiger partial charge in [0, 0.05) is 4.88 Å². The first-order valence-corrected chi connectivity index (χ1v) is 6.68. The van der Waals surface area contributed by atoms with Crippen molar-refractivity contribution in [3.63, 3.8) is 0 Å². The van der Waals surface area contributed by atoms with E-state index < -0.39 is 18.2 Å². The molecule has 3 atom stereocenters. The van der Waals surface area contributed by atoms with Crippen molar-refractivity contribution in [2.45, 2.75) is 38.0 Å². The number of carbonyl (C=O) groups excluding carboxylic acids is 1. The maximum Gasteiger partial charge on any atom is 0.332 e. The quantitative estimate of drug-likeness (QED) is 0.869. The molecule has 1 saturated heterocycles. The standard InChI is InChI=1S/C12H15NO4S/c1-7(10-3-2-6-18-10)13-11(14)8-4-5-9(17-8)12(15)16/h2-3,6-9H,4-5H2,1H3,(H,13,14)(H,15,16)/t7-,8?,9?/m1/s1. The van der Waals surface area contributed by atoms with E-state index in [1.165, 1.54) is 0 Å². The molecule has 1 aliphatic rings. The van der Waals surface area contributed by atoms with Crippen molar-refractivity contribution in [3.8, 4) is 0 Å². The van der Waals surface area contributed by atoms with Crippen LogP contribution in [0.4, 0.5) is 0 Å².